The SMILES string of the molecule is Cc1cccc(CN(C(=O)CN(c2ccc(Cl)c(C(F)(F)F)c2)S(C)(=O)=O)C(Cc2ccccc2)C(=O)NC(C)C)c1. The summed E-state index contributed by atoms with van der Waals surface area (Å²) in [6.07, 6.45) is -3.94. The van der Waals surface area contributed by atoms with Crippen molar-refractivity contribution < 1.29 is 31.2 Å². The van der Waals surface area contributed by atoms with Gasteiger partial charge in [-0.2, -0.15) is 13.2 Å². The minimum Gasteiger partial charge on any atom is -0.352 e. The molecule has 226 valence electrons. The molecule has 3 aromatic rings. The lowest BCUT2D eigenvalue weighted by molar-refractivity contribution is -0.140. The lowest BCUT2D eigenvalue weighted by Crippen LogP contribution is -2.54. The first-order valence-corrected chi connectivity index (χ1v) is 15.3. The highest BCUT2D eigenvalue weighted by atomic mass is 35.5. The number of rotatable bonds is 11. The van der Waals surface area contributed by atoms with Crippen LogP contribution in [0.2, 0.25) is 5.02 Å². The molecule has 0 aromatic heterocycles. The number of benzene rings is 3. The monoisotopic (exact) mass is 623 g/mol. The summed E-state index contributed by atoms with van der Waals surface area (Å²) in [5.41, 5.74) is 0.734. The second-order valence-corrected chi connectivity index (χ2v) is 12.6. The fraction of sp³-hybridized carbons (Fsp3) is 0.333. The van der Waals surface area contributed by atoms with Crippen LogP contribution >= 0.6 is 11.6 Å². The Kier molecular flexibility index (Phi) is 10.7. The molecule has 1 atom stereocenters. The number of aryl methyl sites for hydroxylation is 1. The van der Waals surface area contributed by atoms with E-state index in [1.807, 2.05) is 25.1 Å². The number of carbonyl (C=O) groups is 2. The quantitative estimate of drug-likeness (QED) is 0.301. The van der Waals surface area contributed by atoms with Crippen molar-refractivity contribution in [2.45, 2.75) is 52.0 Å². The van der Waals surface area contributed by atoms with E-state index in [1.165, 1.54) is 4.90 Å². The smallest absolute Gasteiger partial charge is 0.352 e. The zero-order valence-corrected chi connectivity index (χ0v) is 25.2. The standard InChI is InChI=1S/C30H33ClF3N3O4S/c1-20(2)35-29(39)27(16-22-10-6-5-7-11-22)36(18-23-12-8-9-21(3)15-23)28(38)19-37(42(4,40)41)24-13-14-26(31)25(17-24)30(32,33)34/h5-15,17,20,27H,16,18-19H2,1-4H3,(H,35,39). The van der Waals surface area contributed by atoms with Gasteiger partial charge in [0.2, 0.25) is 21.8 Å². The fourth-order valence-electron chi connectivity index (χ4n) is 4.44. The Bertz CT molecular complexity index is 1520. The van der Waals surface area contributed by atoms with Crippen LogP contribution in [0.1, 0.15) is 36.1 Å². The Morgan fingerprint density at radius 1 is 0.952 bits per heavy atom. The predicted molar refractivity (Wildman–Crippen MR) is 158 cm³/mol. The fourth-order valence-corrected chi connectivity index (χ4v) is 5.51. The van der Waals surface area contributed by atoms with E-state index in [1.54, 1.807) is 50.2 Å². The molecule has 12 heteroatoms. The lowest BCUT2D eigenvalue weighted by Gasteiger charge is -2.34. The third-order valence-corrected chi connectivity index (χ3v) is 7.83. The second-order valence-electron chi connectivity index (χ2n) is 10.3. The second kappa shape index (κ2) is 13.6. The van der Waals surface area contributed by atoms with E-state index in [4.69, 9.17) is 11.6 Å². The van der Waals surface area contributed by atoms with Gasteiger partial charge in [0, 0.05) is 19.0 Å². The molecular weight excluding hydrogens is 591 g/mol. The molecule has 0 saturated carbocycles. The molecule has 1 unspecified atom stereocenters. The van der Waals surface area contributed by atoms with Gasteiger partial charge in [0.1, 0.15) is 12.6 Å². The molecule has 7 nitrogen and oxygen atoms in total. The first kappa shape index (κ1) is 32.9. The number of sulfonamides is 1. The first-order valence-electron chi connectivity index (χ1n) is 13.1. The summed E-state index contributed by atoms with van der Waals surface area (Å²) in [4.78, 5) is 28.8. The summed E-state index contributed by atoms with van der Waals surface area (Å²) >= 11 is 5.75. The van der Waals surface area contributed by atoms with Crippen molar-refractivity contribution in [3.63, 3.8) is 0 Å². The third kappa shape index (κ3) is 8.96. The zero-order valence-electron chi connectivity index (χ0n) is 23.7. The Morgan fingerprint density at radius 2 is 1.60 bits per heavy atom. The van der Waals surface area contributed by atoms with E-state index in [-0.39, 0.29) is 24.7 Å². The zero-order chi connectivity index (χ0) is 31.2. The number of halogens is 4. The molecule has 0 bridgehead atoms. The number of nitrogens with zero attached hydrogens (tertiary/aromatic N) is 2. The van der Waals surface area contributed by atoms with Crippen molar-refractivity contribution in [2.75, 3.05) is 17.1 Å². The van der Waals surface area contributed by atoms with E-state index >= 15 is 0 Å². The normalized spacial score (nSPS) is 12.6. The van der Waals surface area contributed by atoms with Crippen molar-refractivity contribution in [2.24, 2.45) is 0 Å². The predicted octanol–water partition coefficient (Wildman–Crippen LogP) is 5.60. The van der Waals surface area contributed by atoms with Crippen LogP contribution in [0.4, 0.5) is 18.9 Å². The number of carbonyl (C=O) groups excluding carboxylic acids is 2. The molecule has 3 aromatic carbocycles. The molecule has 0 spiro atoms. The van der Waals surface area contributed by atoms with Crippen LogP contribution in [0.15, 0.2) is 72.8 Å². The van der Waals surface area contributed by atoms with Gasteiger partial charge < -0.3 is 10.2 Å². The minimum atomic E-state index is -4.85. The molecule has 0 fully saturated rings. The van der Waals surface area contributed by atoms with Crippen LogP contribution in [0.25, 0.3) is 0 Å². The summed E-state index contributed by atoms with van der Waals surface area (Å²) in [5.74, 6) is -1.23. The molecular formula is C30H33ClF3N3O4S. The molecule has 0 aliphatic carbocycles. The van der Waals surface area contributed by atoms with Crippen LogP contribution in [0.5, 0.6) is 0 Å². The van der Waals surface area contributed by atoms with Crippen molar-refractivity contribution in [3.05, 3.63) is 100 Å². The molecule has 3 rings (SSSR count). The Morgan fingerprint density at radius 3 is 2.17 bits per heavy atom. The Balaban J connectivity index is 2.10. The van der Waals surface area contributed by atoms with Gasteiger partial charge in [0.05, 0.1) is 22.5 Å². The highest BCUT2D eigenvalue weighted by Crippen LogP contribution is 2.37. The van der Waals surface area contributed by atoms with Gasteiger partial charge in [-0.3, -0.25) is 13.9 Å². The van der Waals surface area contributed by atoms with Crippen LogP contribution in [-0.2, 0) is 38.8 Å². The Labute approximate surface area is 249 Å². The maximum absolute atomic E-state index is 14.0. The van der Waals surface area contributed by atoms with Gasteiger partial charge in [-0.1, -0.05) is 71.8 Å². The van der Waals surface area contributed by atoms with Crippen LogP contribution < -0.4 is 9.62 Å². The van der Waals surface area contributed by atoms with Crippen molar-refractivity contribution in [1.29, 1.82) is 0 Å². The number of anilines is 1. The van der Waals surface area contributed by atoms with E-state index in [9.17, 15) is 31.2 Å². The van der Waals surface area contributed by atoms with E-state index in [0.717, 1.165) is 29.5 Å². The lowest BCUT2D eigenvalue weighted by atomic mass is 10.0. The maximum atomic E-state index is 14.0. The topological polar surface area (TPSA) is 86.8 Å². The molecule has 0 radical (unpaired) electrons. The van der Waals surface area contributed by atoms with Crippen LogP contribution in [0, 0.1) is 6.92 Å². The number of hydrogen-bond acceptors (Lipinski definition) is 4. The highest BCUT2D eigenvalue weighted by molar-refractivity contribution is 7.92. The average Bonchev–Trinajstić information content (AvgIpc) is 2.88. The number of hydrogen-bond donors (Lipinski definition) is 1. The summed E-state index contributed by atoms with van der Waals surface area (Å²) < 4.78 is 67.0. The first-order chi connectivity index (χ1) is 19.6. The number of amides is 2. The largest absolute Gasteiger partial charge is 0.417 e. The Hall–Kier alpha value is -3.57. The van der Waals surface area contributed by atoms with Crippen LogP contribution in [-0.4, -0.2) is 50.0 Å². The van der Waals surface area contributed by atoms with Gasteiger partial charge in [0.25, 0.3) is 0 Å². The molecule has 2 amide bonds. The average molecular weight is 624 g/mol. The summed E-state index contributed by atoms with van der Waals surface area (Å²) in [6.45, 7) is 4.52. The van der Waals surface area contributed by atoms with E-state index in [0.29, 0.717) is 15.9 Å². The van der Waals surface area contributed by atoms with Crippen molar-refractivity contribution in [3.8, 4) is 0 Å². The third-order valence-electron chi connectivity index (χ3n) is 6.36. The number of alkyl halides is 3. The van der Waals surface area contributed by atoms with Gasteiger partial charge in [-0.25, -0.2) is 8.42 Å². The van der Waals surface area contributed by atoms with Crippen LogP contribution in [0.3, 0.4) is 0 Å². The van der Waals surface area contributed by atoms with Gasteiger partial charge in [0.15, 0.2) is 0 Å². The molecule has 1 N–H and O–H groups in total. The molecule has 0 heterocycles. The molecule has 0 aliphatic heterocycles. The molecule has 42 heavy (non-hydrogen) atoms. The summed E-state index contributed by atoms with van der Waals surface area (Å²) in [5, 5.41) is 2.23. The van der Waals surface area contributed by atoms with Gasteiger partial charge in [-0.15, -0.1) is 0 Å². The summed E-state index contributed by atoms with van der Waals surface area (Å²) in [7, 11) is -4.25. The van der Waals surface area contributed by atoms with Gasteiger partial charge in [-0.05, 0) is 50.1 Å². The minimum absolute atomic E-state index is 0.0461. The highest BCUT2D eigenvalue weighted by Gasteiger charge is 2.36. The molecule has 0 saturated heterocycles. The van der Waals surface area contributed by atoms with E-state index < -0.39 is 51.2 Å². The van der Waals surface area contributed by atoms with E-state index in [2.05, 4.69) is 5.32 Å². The van der Waals surface area contributed by atoms with Crippen molar-refractivity contribution >= 4 is 39.1 Å². The molecule has 0 aliphatic rings. The number of nitrogens with one attached hydrogen (secondary N) is 1. The van der Waals surface area contributed by atoms with Crippen molar-refractivity contribution in [1.82, 2.24) is 10.2 Å². The van der Waals surface area contributed by atoms with Gasteiger partial charge >= 0.3 is 6.18 Å². The maximum Gasteiger partial charge on any atom is 0.417 e. The summed E-state index contributed by atoms with van der Waals surface area (Å²) in [6, 6.07) is 17.6.